The molecule has 1 rings (SSSR count). The smallest absolute Gasteiger partial charge is 0.361 e. The first-order chi connectivity index (χ1) is 5.65. The van der Waals surface area contributed by atoms with Crippen molar-refractivity contribution in [2.75, 3.05) is 6.61 Å². The van der Waals surface area contributed by atoms with Gasteiger partial charge in [0.25, 0.3) is 0 Å². The van der Waals surface area contributed by atoms with E-state index in [9.17, 15) is 4.79 Å². The highest BCUT2D eigenvalue weighted by molar-refractivity contribution is 9.10. The number of rotatable bonds is 2. The van der Waals surface area contributed by atoms with Crippen LogP contribution in [0.2, 0.25) is 0 Å². The number of nitrogens with zero attached hydrogens (tertiary/aromatic N) is 1. The Balaban J connectivity index is 2.87. The molecule has 6 heteroatoms. The highest BCUT2D eigenvalue weighted by Crippen LogP contribution is 2.15. The van der Waals surface area contributed by atoms with E-state index in [0.29, 0.717) is 16.9 Å². The molecule has 0 saturated carbocycles. The molecule has 0 aliphatic heterocycles. The second-order valence-electron chi connectivity index (χ2n) is 1.89. The number of oxazole rings is 1. The Morgan fingerprint density at radius 2 is 2.50 bits per heavy atom. The second-order valence-corrected chi connectivity index (χ2v) is 3.11. The predicted octanol–water partition coefficient (Wildman–Crippen LogP) is 1.11. The highest BCUT2D eigenvalue weighted by atomic mass is 79.9. The Kier molecular flexibility index (Phi) is 3.23. The zero-order valence-corrected chi connectivity index (χ0v) is 9.08. The van der Waals surface area contributed by atoms with E-state index in [0.717, 1.165) is 0 Å². The van der Waals surface area contributed by atoms with Gasteiger partial charge >= 0.3 is 5.97 Å². The molecule has 0 N–H and O–H groups in total. The monoisotopic (exact) mass is 251 g/mol. The summed E-state index contributed by atoms with van der Waals surface area (Å²) in [5.74, 6) is -0.484. The van der Waals surface area contributed by atoms with Crippen LogP contribution in [0.3, 0.4) is 0 Å². The molecule has 0 saturated heterocycles. The van der Waals surface area contributed by atoms with Crippen LogP contribution in [0.25, 0.3) is 0 Å². The summed E-state index contributed by atoms with van der Waals surface area (Å²) in [7, 11) is 2.25. The van der Waals surface area contributed by atoms with E-state index in [4.69, 9.17) is 9.15 Å². The standard InChI is InChI=1S/C6H7BrNO3P/c1-2-10-5(9)3-4(7)11-6(12)8-3/h2,12H2,1H3. The van der Waals surface area contributed by atoms with Crippen LogP contribution in [0.1, 0.15) is 17.4 Å². The SMILES string of the molecule is CCOC(=O)c1nc(P)oc1Br. The fourth-order valence-electron chi connectivity index (χ4n) is 0.642. The minimum atomic E-state index is -0.484. The number of hydrogen-bond donors (Lipinski definition) is 0. The summed E-state index contributed by atoms with van der Waals surface area (Å²) in [5, 5.41) is 0. The number of ether oxygens (including phenoxy) is 1. The fraction of sp³-hybridized carbons (Fsp3) is 0.333. The first kappa shape index (κ1) is 9.68. The average molecular weight is 252 g/mol. The van der Waals surface area contributed by atoms with Crippen LogP contribution >= 0.6 is 25.2 Å². The van der Waals surface area contributed by atoms with Crippen molar-refractivity contribution in [3.05, 3.63) is 10.4 Å². The summed E-state index contributed by atoms with van der Waals surface area (Å²) in [6.07, 6.45) is 0. The predicted molar refractivity (Wildman–Crippen MR) is 49.5 cm³/mol. The molecule has 0 spiro atoms. The molecule has 4 nitrogen and oxygen atoms in total. The van der Waals surface area contributed by atoms with Crippen LogP contribution < -0.4 is 5.63 Å². The molecule has 0 aliphatic rings. The number of carbonyl (C=O) groups is 1. The molecule has 1 unspecified atom stereocenters. The molecule has 0 aliphatic carbocycles. The quantitative estimate of drug-likeness (QED) is 0.584. The zero-order valence-electron chi connectivity index (χ0n) is 6.33. The third-order valence-electron chi connectivity index (χ3n) is 1.07. The molecule has 1 aromatic rings. The molecule has 12 heavy (non-hydrogen) atoms. The molecule has 0 amide bonds. The minimum absolute atomic E-state index is 0.168. The maximum absolute atomic E-state index is 11.1. The van der Waals surface area contributed by atoms with Crippen molar-refractivity contribution in [2.24, 2.45) is 0 Å². The Morgan fingerprint density at radius 1 is 1.83 bits per heavy atom. The van der Waals surface area contributed by atoms with E-state index in [2.05, 4.69) is 30.2 Å². The lowest BCUT2D eigenvalue weighted by Gasteiger charge is -1.95. The Morgan fingerprint density at radius 3 is 2.92 bits per heavy atom. The van der Waals surface area contributed by atoms with Gasteiger partial charge in [-0.05, 0) is 32.1 Å². The van der Waals surface area contributed by atoms with Crippen molar-refractivity contribution >= 4 is 36.8 Å². The lowest BCUT2D eigenvalue weighted by atomic mass is 10.5. The van der Waals surface area contributed by atoms with Gasteiger partial charge in [-0.25, -0.2) is 9.78 Å². The van der Waals surface area contributed by atoms with Crippen LogP contribution in [-0.4, -0.2) is 17.6 Å². The van der Waals surface area contributed by atoms with Crippen LogP contribution in [-0.2, 0) is 4.74 Å². The topological polar surface area (TPSA) is 52.3 Å². The molecule has 0 aromatic carbocycles. The van der Waals surface area contributed by atoms with Crippen molar-refractivity contribution in [1.29, 1.82) is 0 Å². The average Bonchev–Trinajstić information content (AvgIpc) is 2.30. The van der Waals surface area contributed by atoms with Crippen LogP contribution in [0.5, 0.6) is 0 Å². The first-order valence-corrected chi connectivity index (χ1v) is 4.61. The summed E-state index contributed by atoms with van der Waals surface area (Å²) in [5.41, 5.74) is 0.520. The van der Waals surface area contributed by atoms with E-state index < -0.39 is 5.97 Å². The number of hydrogen-bond acceptors (Lipinski definition) is 4. The number of carbonyl (C=O) groups excluding carboxylic acids is 1. The maximum Gasteiger partial charge on any atom is 0.361 e. The van der Waals surface area contributed by atoms with Crippen LogP contribution in [0, 0.1) is 0 Å². The lowest BCUT2D eigenvalue weighted by molar-refractivity contribution is 0.0518. The summed E-state index contributed by atoms with van der Waals surface area (Å²) >= 11 is 3.04. The van der Waals surface area contributed by atoms with Gasteiger partial charge in [0.2, 0.25) is 16.0 Å². The van der Waals surface area contributed by atoms with Crippen molar-refractivity contribution in [3.63, 3.8) is 0 Å². The zero-order chi connectivity index (χ0) is 9.14. The van der Waals surface area contributed by atoms with Crippen molar-refractivity contribution in [3.8, 4) is 0 Å². The van der Waals surface area contributed by atoms with Gasteiger partial charge in [-0.15, -0.1) is 0 Å². The van der Waals surface area contributed by atoms with Gasteiger partial charge in [-0.3, -0.25) is 0 Å². The summed E-state index contributed by atoms with van der Waals surface area (Å²) in [4.78, 5) is 14.9. The molecule has 0 radical (unpaired) electrons. The Hall–Kier alpha value is -0.410. The van der Waals surface area contributed by atoms with Crippen molar-refractivity contribution in [2.45, 2.75) is 6.92 Å². The highest BCUT2D eigenvalue weighted by Gasteiger charge is 2.17. The molecule has 66 valence electrons. The van der Waals surface area contributed by atoms with E-state index in [1.807, 2.05) is 0 Å². The molecular formula is C6H7BrNO3P. The minimum Gasteiger partial charge on any atom is -0.461 e. The Labute approximate surface area is 80.0 Å². The van der Waals surface area contributed by atoms with E-state index >= 15 is 0 Å². The van der Waals surface area contributed by atoms with Gasteiger partial charge in [0.15, 0.2) is 0 Å². The lowest BCUT2D eigenvalue weighted by Crippen LogP contribution is -2.06. The van der Waals surface area contributed by atoms with Crippen molar-refractivity contribution in [1.82, 2.24) is 4.98 Å². The molecule has 0 bridgehead atoms. The second kappa shape index (κ2) is 4.01. The van der Waals surface area contributed by atoms with E-state index in [1.54, 1.807) is 6.92 Å². The molecule has 1 heterocycles. The number of halogens is 1. The normalized spacial score (nSPS) is 9.92. The summed E-state index contributed by atoms with van der Waals surface area (Å²) in [6, 6.07) is 0. The third-order valence-corrected chi connectivity index (χ3v) is 1.86. The van der Waals surface area contributed by atoms with Crippen LogP contribution in [0.4, 0.5) is 0 Å². The first-order valence-electron chi connectivity index (χ1n) is 3.24. The van der Waals surface area contributed by atoms with Crippen molar-refractivity contribution < 1.29 is 13.9 Å². The van der Waals surface area contributed by atoms with Gasteiger partial charge in [-0.2, -0.15) is 0 Å². The van der Waals surface area contributed by atoms with Gasteiger partial charge in [0, 0.05) is 0 Å². The van der Waals surface area contributed by atoms with Crippen LogP contribution in [0.15, 0.2) is 9.09 Å². The van der Waals surface area contributed by atoms with E-state index in [1.165, 1.54) is 0 Å². The van der Waals surface area contributed by atoms with Gasteiger partial charge in [0.05, 0.1) is 6.61 Å². The summed E-state index contributed by atoms with van der Waals surface area (Å²) < 4.78 is 9.97. The van der Waals surface area contributed by atoms with Gasteiger partial charge in [-0.1, -0.05) is 0 Å². The molecule has 1 atom stereocenters. The molecule has 1 aromatic heterocycles. The van der Waals surface area contributed by atoms with Gasteiger partial charge < -0.3 is 9.15 Å². The molecule has 0 fully saturated rings. The number of esters is 1. The van der Waals surface area contributed by atoms with E-state index in [-0.39, 0.29) is 5.69 Å². The largest absolute Gasteiger partial charge is 0.461 e. The Bertz CT molecular complexity index is 299. The summed E-state index contributed by atoms with van der Waals surface area (Å²) in [6.45, 7) is 2.05. The fourth-order valence-corrected chi connectivity index (χ4v) is 1.48. The number of aromatic nitrogens is 1. The molecular weight excluding hydrogens is 245 g/mol. The van der Waals surface area contributed by atoms with Gasteiger partial charge in [0.1, 0.15) is 0 Å². The maximum atomic E-state index is 11.1. The third kappa shape index (κ3) is 2.05.